The highest BCUT2D eigenvalue weighted by molar-refractivity contribution is 7.89. The van der Waals surface area contributed by atoms with Gasteiger partial charge in [-0.15, -0.1) is 0 Å². The van der Waals surface area contributed by atoms with E-state index in [-0.39, 0.29) is 17.1 Å². The van der Waals surface area contributed by atoms with E-state index in [1.165, 1.54) is 19.2 Å². The largest absolute Gasteiger partial charge is 0.497 e. The summed E-state index contributed by atoms with van der Waals surface area (Å²) < 4.78 is 32.3. The van der Waals surface area contributed by atoms with Crippen LogP contribution in [0, 0.1) is 17.0 Å². The predicted molar refractivity (Wildman–Crippen MR) is 84.9 cm³/mol. The summed E-state index contributed by atoms with van der Waals surface area (Å²) >= 11 is 0. The van der Waals surface area contributed by atoms with Crippen LogP contribution in [0.3, 0.4) is 0 Å². The van der Waals surface area contributed by atoms with Crippen LogP contribution >= 0.6 is 0 Å². The molecule has 2 aromatic carbocycles. The van der Waals surface area contributed by atoms with E-state index in [1.807, 2.05) is 0 Å². The number of nitrogens with one attached hydrogen (secondary N) is 1. The van der Waals surface area contributed by atoms with Gasteiger partial charge < -0.3 is 4.74 Å². The fourth-order valence-corrected chi connectivity index (χ4v) is 3.31. The molecule has 0 radical (unpaired) electrons. The van der Waals surface area contributed by atoms with Gasteiger partial charge in [-0.25, -0.2) is 13.1 Å². The maximum Gasteiger partial charge on any atom is 0.270 e. The first-order chi connectivity index (χ1) is 10.8. The second-order valence-electron chi connectivity index (χ2n) is 4.88. The van der Waals surface area contributed by atoms with Gasteiger partial charge >= 0.3 is 0 Å². The molecule has 0 aliphatic carbocycles. The fourth-order valence-electron chi connectivity index (χ4n) is 2.03. The lowest BCUT2D eigenvalue weighted by molar-refractivity contribution is -0.385. The van der Waals surface area contributed by atoms with Gasteiger partial charge in [0, 0.05) is 18.7 Å². The predicted octanol–water partition coefficient (Wildman–Crippen LogP) is 2.39. The van der Waals surface area contributed by atoms with Crippen molar-refractivity contribution in [3.8, 4) is 5.75 Å². The lowest BCUT2D eigenvalue weighted by Crippen LogP contribution is -2.24. The Hall–Kier alpha value is -2.45. The SMILES string of the molecule is COc1cccc(CNS(=O)(=O)c2cc([N+](=O)[O-])ccc2C)c1. The molecule has 0 atom stereocenters. The molecule has 0 spiro atoms. The molecule has 0 aromatic heterocycles. The quantitative estimate of drug-likeness (QED) is 0.645. The van der Waals surface area contributed by atoms with Crippen LogP contribution in [0.4, 0.5) is 5.69 Å². The normalized spacial score (nSPS) is 11.2. The summed E-state index contributed by atoms with van der Waals surface area (Å²) in [5, 5.41) is 10.8. The summed E-state index contributed by atoms with van der Waals surface area (Å²) in [5.41, 5.74) is 0.891. The van der Waals surface area contributed by atoms with Gasteiger partial charge in [-0.3, -0.25) is 10.1 Å². The van der Waals surface area contributed by atoms with Crippen LogP contribution < -0.4 is 9.46 Å². The summed E-state index contributed by atoms with van der Waals surface area (Å²) in [6, 6.07) is 10.7. The number of nitrogens with zero attached hydrogens (tertiary/aromatic N) is 1. The van der Waals surface area contributed by atoms with Crippen molar-refractivity contribution in [3.63, 3.8) is 0 Å². The second kappa shape index (κ2) is 6.76. The number of rotatable bonds is 6. The van der Waals surface area contributed by atoms with Gasteiger partial charge in [0.15, 0.2) is 0 Å². The number of hydrogen-bond donors (Lipinski definition) is 1. The molecule has 23 heavy (non-hydrogen) atoms. The van der Waals surface area contributed by atoms with E-state index >= 15 is 0 Å². The molecule has 1 N–H and O–H groups in total. The van der Waals surface area contributed by atoms with Crippen LogP contribution in [0.2, 0.25) is 0 Å². The smallest absolute Gasteiger partial charge is 0.270 e. The van der Waals surface area contributed by atoms with Gasteiger partial charge in [0.25, 0.3) is 5.69 Å². The van der Waals surface area contributed by atoms with E-state index in [9.17, 15) is 18.5 Å². The van der Waals surface area contributed by atoms with Crippen molar-refractivity contribution < 1.29 is 18.1 Å². The Morgan fingerprint density at radius 1 is 1.22 bits per heavy atom. The van der Waals surface area contributed by atoms with Crippen molar-refractivity contribution in [3.05, 3.63) is 63.7 Å². The molecule has 0 bridgehead atoms. The minimum absolute atomic E-state index is 0.0572. The highest BCUT2D eigenvalue weighted by atomic mass is 32.2. The third kappa shape index (κ3) is 4.05. The molecule has 2 rings (SSSR count). The van der Waals surface area contributed by atoms with Crippen LogP contribution in [-0.2, 0) is 16.6 Å². The van der Waals surface area contributed by atoms with Gasteiger partial charge in [0.1, 0.15) is 5.75 Å². The average molecular weight is 336 g/mol. The van der Waals surface area contributed by atoms with Gasteiger partial charge in [-0.05, 0) is 30.2 Å². The minimum atomic E-state index is -3.86. The molecule has 2 aromatic rings. The Kier molecular flexibility index (Phi) is 4.97. The molecule has 0 fully saturated rings. The lowest BCUT2D eigenvalue weighted by Gasteiger charge is -2.10. The number of sulfonamides is 1. The third-order valence-electron chi connectivity index (χ3n) is 3.27. The van der Waals surface area contributed by atoms with E-state index in [4.69, 9.17) is 4.74 Å². The van der Waals surface area contributed by atoms with Crippen LogP contribution in [-0.4, -0.2) is 20.5 Å². The molecule has 0 saturated carbocycles. The fraction of sp³-hybridized carbons (Fsp3) is 0.200. The molecule has 0 amide bonds. The summed E-state index contributed by atoms with van der Waals surface area (Å²) in [7, 11) is -2.34. The van der Waals surface area contributed by atoms with E-state index < -0.39 is 14.9 Å². The Balaban J connectivity index is 2.25. The number of methoxy groups -OCH3 is 1. The van der Waals surface area contributed by atoms with Crippen LogP contribution in [0.5, 0.6) is 5.75 Å². The number of benzene rings is 2. The van der Waals surface area contributed by atoms with Crippen LogP contribution in [0.15, 0.2) is 47.4 Å². The monoisotopic (exact) mass is 336 g/mol. The topological polar surface area (TPSA) is 98.5 Å². The van der Waals surface area contributed by atoms with Gasteiger partial charge in [-0.1, -0.05) is 18.2 Å². The zero-order valence-corrected chi connectivity index (χ0v) is 13.5. The number of non-ortho nitro benzene ring substituents is 1. The number of hydrogen-bond acceptors (Lipinski definition) is 5. The van der Waals surface area contributed by atoms with Crippen molar-refractivity contribution in [1.82, 2.24) is 4.72 Å². The average Bonchev–Trinajstić information content (AvgIpc) is 2.53. The number of ether oxygens (including phenoxy) is 1. The zero-order chi connectivity index (χ0) is 17.0. The Labute approximate surface area is 134 Å². The summed E-state index contributed by atoms with van der Waals surface area (Å²) in [6.45, 7) is 1.64. The summed E-state index contributed by atoms with van der Waals surface area (Å²) in [5.74, 6) is 0.619. The molecular weight excluding hydrogens is 320 g/mol. The molecule has 8 heteroatoms. The van der Waals surface area contributed by atoms with E-state index in [1.54, 1.807) is 31.2 Å². The van der Waals surface area contributed by atoms with Gasteiger partial charge in [0.2, 0.25) is 10.0 Å². The minimum Gasteiger partial charge on any atom is -0.497 e. The number of aryl methyl sites for hydroxylation is 1. The molecule has 0 aliphatic rings. The van der Waals surface area contributed by atoms with Crippen LogP contribution in [0.1, 0.15) is 11.1 Å². The summed E-state index contributed by atoms with van der Waals surface area (Å²) in [4.78, 5) is 10.1. The van der Waals surface area contributed by atoms with Crippen molar-refractivity contribution in [2.75, 3.05) is 7.11 Å². The van der Waals surface area contributed by atoms with Crippen molar-refractivity contribution in [2.45, 2.75) is 18.4 Å². The first kappa shape index (κ1) is 16.9. The first-order valence-electron chi connectivity index (χ1n) is 6.71. The molecular formula is C15H16N2O5S. The van der Waals surface area contributed by atoms with Crippen molar-refractivity contribution in [1.29, 1.82) is 0 Å². The standard InChI is InChI=1S/C15H16N2O5S/c1-11-6-7-13(17(18)19)9-15(11)23(20,21)16-10-12-4-3-5-14(8-12)22-2/h3-9,16H,10H2,1-2H3. The van der Waals surface area contributed by atoms with Crippen molar-refractivity contribution in [2.24, 2.45) is 0 Å². The number of nitro groups is 1. The Morgan fingerprint density at radius 2 is 1.96 bits per heavy atom. The second-order valence-corrected chi connectivity index (χ2v) is 6.62. The van der Waals surface area contributed by atoms with Gasteiger partial charge in [0.05, 0.1) is 16.9 Å². The first-order valence-corrected chi connectivity index (χ1v) is 8.19. The molecule has 0 unspecified atom stereocenters. The molecule has 0 saturated heterocycles. The van der Waals surface area contributed by atoms with Crippen LogP contribution in [0.25, 0.3) is 0 Å². The van der Waals surface area contributed by atoms with Gasteiger partial charge in [-0.2, -0.15) is 0 Å². The third-order valence-corrected chi connectivity index (χ3v) is 4.82. The van der Waals surface area contributed by atoms with E-state index in [0.29, 0.717) is 11.3 Å². The van der Waals surface area contributed by atoms with E-state index in [2.05, 4.69) is 4.72 Å². The van der Waals surface area contributed by atoms with E-state index in [0.717, 1.165) is 11.6 Å². The highest BCUT2D eigenvalue weighted by Crippen LogP contribution is 2.22. The molecule has 122 valence electrons. The zero-order valence-electron chi connectivity index (χ0n) is 12.6. The van der Waals surface area contributed by atoms with Crippen molar-refractivity contribution >= 4 is 15.7 Å². The number of nitro benzene ring substituents is 1. The maximum absolute atomic E-state index is 12.4. The maximum atomic E-state index is 12.4. The molecule has 7 nitrogen and oxygen atoms in total. The molecule has 0 heterocycles. The highest BCUT2D eigenvalue weighted by Gasteiger charge is 2.20. The Morgan fingerprint density at radius 3 is 2.61 bits per heavy atom. The molecule has 0 aliphatic heterocycles. The summed E-state index contributed by atoms with van der Waals surface area (Å²) in [6.07, 6.45) is 0. The lowest BCUT2D eigenvalue weighted by atomic mass is 10.2. The Bertz CT molecular complexity index is 834.